The van der Waals surface area contributed by atoms with Gasteiger partial charge in [0.25, 0.3) is 0 Å². The fourth-order valence-corrected chi connectivity index (χ4v) is 2.89. The second-order valence-electron chi connectivity index (χ2n) is 6.33. The molecule has 0 amide bonds. The van der Waals surface area contributed by atoms with E-state index in [2.05, 4.69) is 12.6 Å². The smallest absolute Gasteiger partial charge is 0.333 e. The van der Waals surface area contributed by atoms with Crippen molar-refractivity contribution in [1.82, 2.24) is 0 Å². The van der Waals surface area contributed by atoms with Gasteiger partial charge in [-0.3, -0.25) is 0 Å². The number of benzene rings is 3. The molecule has 0 fully saturated rings. The molecule has 0 heterocycles. The molecule has 0 aromatic heterocycles. The Morgan fingerprint density at radius 2 is 1.85 bits per heavy atom. The normalized spacial score (nSPS) is 12.0. The van der Waals surface area contributed by atoms with Crippen LogP contribution in [0, 0.1) is 0 Å². The first-order valence-electron chi connectivity index (χ1n) is 8.63. The van der Waals surface area contributed by atoms with E-state index in [1.165, 1.54) is 0 Å². The van der Waals surface area contributed by atoms with Crippen LogP contribution in [0.2, 0.25) is 0 Å². The molecule has 3 aromatic carbocycles. The van der Waals surface area contributed by atoms with Gasteiger partial charge in [0.1, 0.15) is 30.8 Å². The maximum Gasteiger partial charge on any atom is 0.333 e. The number of methoxy groups -OCH3 is 1. The molecule has 1 unspecified atom stereocenters. The molecule has 0 radical (unpaired) electrons. The number of fused-ring (bicyclic) bond motifs is 2. The van der Waals surface area contributed by atoms with Crippen molar-refractivity contribution in [2.45, 2.75) is 13.0 Å². The van der Waals surface area contributed by atoms with Crippen LogP contribution in [0.25, 0.3) is 21.5 Å². The van der Waals surface area contributed by atoms with Gasteiger partial charge in [-0.2, -0.15) is 0 Å². The van der Waals surface area contributed by atoms with Gasteiger partial charge >= 0.3 is 5.97 Å². The van der Waals surface area contributed by atoms with E-state index < -0.39 is 12.1 Å². The minimum atomic E-state index is -0.961. The summed E-state index contributed by atoms with van der Waals surface area (Å²) < 4.78 is 16.5. The second kappa shape index (κ2) is 8.10. The van der Waals surface area contributed by atoms with Crippen molar-refractivity contribution >= 4 is 27.5 Å². The van der Waals surface area contributed by atoms with Crippen LogP contribution < -0.4 is 9.47 Å². The summed E-state index contributed by atoms with van der Waals surface area (Å²) in [7, 11) is 1.61. The van der Waals surface area contributed by atoms with Gasteiger partial charge in [0.05, 0.1) is 12.5 Å². The number of aliphatic hydroxyl groups excluding tert-OH is 1. The lowest BCUT2D eigenvalue weighted by atomic mass is 10.0. The molecule has 1 N–H and O–H groups in total. The van der Waals surface area contributed by atoms with Crippen LogP contribution >= 0.6 is 0 Å². The summed E-state index contributed by atoms with van der Waals surface area (Å²) in [5, 5.41) is 13.9. The first-order chi connectivity index (χ1) is 13.0. The van der Waals surface area contributed by atoms with Crippen molar-refractivity contribution < 1.29 is 24.1 Å². The predicted octanol–water partition coefficient (Wildman–Crippen LogP) is 3.86. The molecule has 3 rings (SSSR count). The van der Waals surface area contributed by atoms with Gasteiger partial charge in [-0.05, 0) is 29.8 Å². The van der Waals surface area contributed by atoms with Gasteiger partial charge in [0.15, 0.2) is 0 Å². The van der Waals surface area contributed by atoms with Crippen LogP contribution in [0.1, 0.15) is 6.92 Å². The quantitative estimate of drug-likeness (QED) is 0.391. The maximum atomic E-state index is 11.5. The van der Waals surface area contributed by atoms with Crippen molar-refractivity contribution in [3.63, 3.8) is 0 Å². The molecule has 3 aromatic rings. The largest absolute Gasteiger partial charge is 0.496 e. The molecule has 1 atom stereocenters. The van der Waals surface area contributed by atoms with E-state index in [-0.39, 0.29) is 18.8 Å². The highest BCUT2D eigenvalue weighted by Gasteiger charge is 2.16. The third-order valence-electron chi connectivity index (χ3n) is 4.20. The van der Waals surface area contributed by atoms with E-state index in [4.69, 9.17) is 14.2 Å². The molecule has 5 nitrogen and oxygen atoms in total. The number of carbonyl (C=O) groups excluding carboxylic acids is 1. The van der Waals surface area contributed by atoms with Crippen LogP contribution in [0.15, 0.2) is 60.7 Å². The highest BCUT2D eigenvalue weighted by Crippen LogP contribution is 2.40. The van der Waals surface area contributed by atoms with Crippen molar-refractivity contribution in [1.29, 1.82) is 0 Å². The lowest BCUT2D eigenvalue weighted by Crippen LogP contribution is -2.25. The minimum Gasteiger partial charge on any atom is -0.496 e. The molecule has 0 saturated heterocycles. The van der Waals surface area contributed by atoms with Gasteiger partial charge < -0.3 is 19.3 Å². The summed E-state index contributed by atoms with van der Waals surface area (Å²) in [6, 6.07) is 15.7. The van der Waals surface area contributed by atoms with E-state index in [0.29, 0.717) is 11.5 Å². The van der Waals surface area contributed by atoms with Crippen molar-refractivity contribution in [3.8, 4) is 11.5 Å². The standard InChI is InChI=1S/C22H22O5/c1-14(2)22(24)27-13-17(23)12-26-21-18-9-5-4-7-15(18)11-16-8-6-10-19(25-3)20(16)21/h4-11,17,23H,1,12-13H2,2-3H3. The fourth-order valence-electron chi connectivity index (χ4n) is 2.89. The number of hydrogen-bond acceptors (Lipinski definition) is 5. The summed E-state index contributed by atoms with van der Waals surface area (Å²) >= 11 is 0. The Kier molecular flexibility index (Phi) is 5.62. The maximum absolute atomic E-state index is 11.5. The monoisotopic (exact) mass is 366 g/mol. The summed E-state index contributed by atoms with van der Waals surface area (Å²) in [6.45, 7) is 4.88. The van der Waals surface area contributed by atoms with Gasteiger partial charge in [0.2, 0.25) is 0 Å². The molecule has 0 spiro atoms. The van der Waals surface area contributed by atoms with Crippen molar-refractivity contribution in [3.05, 3.63) is 60.7 Å². The third kappa shape index (κ3) is 4.04. The number of hydrogen-bond donors (Lipinski definition) is 1. The Morgan fingerprint density at radius 3 is 2.59 bits per heavy atom. The van der Waals surface area contributed by atoms with Crippen LogP contribution in [-0.4, -0.2) is 37.5 Å². The number of carbonyl (C=O) groups is 1. The SMILES string of the molecule is C=C(C)C(=O)OCC(O)COc1c2ccccc2cc2cccc(OC)c12. The lowest BCUT2D eigenvalue weighted by Gasteiger charge is -2.17. The topological polar surface area (TPSA) is 65.0 Å². The Hall–Kier alpha value is -3.05. The molecule has 140 valence electrons. The van der Waals surface area contributed by atoms with Gasteiger partial charge in [-0.1, -0.05) is 43.0 Å². The summed E-state index contributed by atoms with van der Waals surface area (Å²) in [4.78, 5) is 11.5. The first-order valence-corrected chi connectivity index (χ1v) is 8.63. The van der Waals surface area contributed by atoms with E-state index >= 15 is 0 Å². The predicted molar refractivity (Wildman–Crippen MR) is 105 cm³/mol. The number of rotatable bonds is 7. The lowest BCUT2D eigenvalue weighted by molar-refractivity contribution is -0.142. The average molecular weight is 366 g/mol. The Balaban J connectivity index is 1.91. The molecule has 0 bridgehead atoms. The average Bonchev–Trinajstić information content (AvgIpc) is 2.68. The number of esters is 1. The molecule has 27 heavy (non-hydrogen) atoms. The summed E-state index contributed by atoms with van der Waals surface area (Å²) in [5.41, 5.74) is 0.285. The zero-order valence-corrected chi connectivity index (χ0v) is 15.4. The van der Waals surface area contributed by atoms with Gasteiger partial charge in [-0.25, -0.2) is 4.79 Å². The first kappa shape index (κ1) is 18.7. The van der Waals surface area contributed by atoms with E-state index in [9.17, 15) is 9.90 Å². The summed E-state index contributed by atoms with van der Waals surface area (Å²) in [5.74, 6) is 0.786. The highest BCUT2D eigenvalue weighted by molar-refractivity contribution is 6.07. The van der Waals surface area contributed by atoms with Gasteiger partial charge in [0, 0.05) is 11.0 Å². The molecule has 0 aliphatic carbocycles. The minimum absolute atomic E-state index is 0.0232. The van der Waals surface area contributed by atoms with Crippen molar-refractivity contribution in [2.24, 2.45) is 0 Å². The molecule has 0 aliphatic rings. The van der Waals surface area contributed by atoms with E-state index in [1.807, 2.05) is 42.5 Å². The van der Waals surface area contributed by atoms with Crippen LogP contribution in [-0.2, 0) is 9.53 Å². The Labute approximate surface area is 157 Å². The van der Waals surface area contributed by atoms with Gasteiger partial charge in [-0.15, -0.1) is 0 Å². The molecular weight excluding hydrogens is 344 g/mol. The Bertz CT molecular complexity index is 993. The van der Waals surface area contributed by atoms with E-state index in [1.54, 1.807) is 14.0 Å². The van der Waals surface area contributed by atoms with Crippen LogP contribution in [0.4, 0.5) is 0 Å². The molecule has 5 heteroatoms. The number of ether oxygens (including phenoxy) is 3. The van der Waals surface area contributed by atoms with Crippen LogP contribution in [0.3, 0.4) is 0 Å². The molecule has 0 aliphatic heterocycles. The summed E-state index contributed by atoms with van der Waals surface area (Å²) in [6.07, 6.45) is -0.961. The zero-order chi connectivity index (χ0) is 19.4. The highest BCUT2D eigenvalue weighted by atomic mass is 16.5. The molecular formula is C22H22O5. The molecule has 0 saturated carbocycles. The fraction of sp³-hybridized carbons (Fsp3) is 0.227. The Morgan fingerprint density at radius 1 is 1.11 bits per heavy atom. The van der Waals surface area contributed by atoms with Crippen LogP contribution in [0.5, 0.6) is 11.5 Å². The zero-order valence-electron chi connectivity index (χ0n) is 15.4. The third-order valence-corrected chi connectivity index (χ3v) is 4.20. The number of aliphatic hydroxyl groups is 1. The van der Waals surface area contributed by atoms with Crippen molar-refractivity contribution in [2.75, 3.05) is 20.3 Å². The second-order valence-corrected chi connectivity index (χ2v) is 6.33. The van der Waals surface area contributed by atoms with E-state index in [0.717, 1.165) is 21.5 Å².